The molecule has 14 heavy (non-hydrogen) atoms. The van der Waals surface area contributed by atoms with Gasteiger partial charge in [0, 0.05) is 19.4 Å². The molecule has 1 fully saturated rings. The summed E-state index contributed by atoms with van der Waals surface area (Å²) < 4.78 is 11.6. The first kappa shape index (κ1) is 12.0. The van der Waals surface area contributed by atoms with Crippen molar-refractivity contribution in [2.45, 2.75) is 57.8 Å². The van der Waals surface area contributed by atoms with Crippen LogP contribution in [0.25, 0.3) is 0 Å². The van der Waals surface area contributed by atoms with Crippen LogP contribution in [0.4, 0.5) is 0 Å². The monoisotopic (exact) mass is 202 g/mol. The van der Waals surface area contributed by atoms with Crippen LogP contribution in [-0.4, -0.2) is 30.2 Å². The third kappa shape index (κ3) is 3.23. The number of ether oxygens (including phenoxy) is 2. The zero-order chi connectivity index (χ0) is 10.4. The summed E-state index contributed by atoms with van der Waals surface area (Å²) in [6.45, 7) is 5.16. The van der Waals surface area contributed by atoms with E-state index in [1.165, 1.54) is 0 Å². The Labute approximate surface area is 86.4 Å². The van der Waals surface area contributed by atoms with E-state index in [0.717, 1.165) is 32.1 Å². The van der Waals surface area contributed by atoms with Gasteiger partial charge in [-0.25, -0.2) is 0 Å². The summed E-state index contributed by atoms with van der Waals surface area (Å²) in [7, 11) is 0. The molecule has 0 aromatic rings. The van der Waals surface area contributed by atoms with E-state index in [0.29, 0.717) is 6.61 Å². The van der Waals surface area contributed by atoms with E-state index in [1.54, 1.807) is 0 Å². The molecule has 0 aromatic heterocycles. The summed E-state index contributed by atoms with van der Waals surface area (Å²) in [6, 6.07) is 0. The van der Waals surface area contributed by atoms with Gasteiger partial charge in [-0.3, -0.25) is 0 Å². The van der Waals surface area contributed by atoms with Gasteiger partial charge in [-0.15, -0.1) is 0 Å². The molecule has 0 spiro atoms. The van der Waals surface area contributed by atoms with E-state index in [1.807, 2.05) is 6.92 Å². The topological polar surface area (TPSA) is 38.7 Å². The molecule has 3 nitrogen and oxygen atoms in total. The molecule has 1 aliphatic heterocycles. The van der Waals surface area contributed by atoms with Crippen molar-refractivity contribution < 1.29 is 14.6 Å². The molecule has 1 saturated heterocycles. The van der Waals surface area contributed by atoms with Crippen molar-refractivity contribution in [3.63, 3.8) is 0 Å². The SMILES string of the molecule is CCCC1(CCCCO)OCC(C)O1. The maximum absolute atomic E-state index is 8.72. The Balaban J connectivity index is 2.37. The Morgan fingerprint density at radius 3 is 2.64 bits per heavy atom. The fourth-order valence-corrected chi connectivity index (χ4v) is 1.98. The van der Waals surface area contributed by atoms with Crippen LogP contribution in [-0.2, 0) is 9.47 Å². The zero-order valence-corrected chi connectivity index (χ0v) is 9.29. The van der Waals surface area contributed by atoms with Crippen LogP contribution in [0.15, 0.2) is 0 Å². The third-order valence-electron chi connectivity index (χ3n) is 2.59. The Morgan fingerprint density at radius 1 is 1.36 bits per heavy atom. The van der Waals surface area contributed by atoms with Crippen molar-refractivity contribution in [3.8, 4) is 0 Å². The second-order valence-electron chi connectivity index (χ2n) is 4.08. The molecule has 1 heterocycles. The minimum atomic E-state index is -0.344. The van der Waals surface area contributed by atoms with Crippen molar-refractivity contribution in [2.75, 3.05) is 13.2 Å². The molecule has 0 aromatic carbocycles. The van der Waals surface area contributed by atoms with Gasteiger partial charge in [-0.2, -0.15) is 0 Å². The van der Waals surface area contributed by atoms with Crippen molar-refractivity contribution >= 4 is 0 Å². The number of aliphatic hydroxyl groups is 1. The van der Waals surface area contributed by atoms with Gasteiger partial charge in [0.2, 0.25) is 0 Å². The molecule has 1 aliphatic rings. The lowest BCUT2D eigenvalue weighted by Gasteiger charge is -2.27. The predicted octanol–water partition coefficient (Wildman–Crippen LogP) is 2.08. The second-order valence-corrected chi connectivity index (χ2v) is 4.08. The lowest BCUT2D eigenvalue weighted by molar-refractivity contribution is -0.177. The van der Waals surface area contributed by atoms with Gasteiger partial charge >= 0.3 is 0 Å². The summed E-state index contributed by atoms with van der Waals surface area (Å²) in [4.78, 5) is 0. The largest absolute Gasteiger partial charge is 0.396 e. The van der Waals surface area contributed by atoms with Crippen LogP contribution in [0, 0.1) is 0 Å². The Bertz CT molecular complexity index is 157. The van der Waals surface area contributed by atoms with E-state index in [4.69, 9.17) is 14.6 Å². The number of hydrogen-bond donors (Lipinski definition) is 1. The van der Waals surface area contributed by atoms with Crippen molar-refractivity contribution in [1.82, 2.24) is 0 Å². The molecule has 1 N–H and O–H groups in total. The summed E-state index contributed by atoms with van der Waals surface area (Å²) in [6.07, 6.45) is 4.98. The van der Waals surface area contributed by atoms with E-state index < -0.39 is 0 Å². The Kier molecular flexibility index (Phi) is 4.85. The average Bonchev–Trinajstić information content (AvgIpc) is 2.49. The molecule has 0 saturated carbocycles. The van der Waals surface area contributed by atoms with E-state index in [9.17, 15) is 0 Å². The lowest BCUT2D eigenvalue weighted by Crippen LogP contribution is -2.30. The van der Waals surface area contributed by atoms with E-state index in [2.05, 4.69) is 6.92 Å². The van der Waals surface area contributed by atoms with Gasteiger partial charge in [0.05, 0.1) is 12.7 Å². The smallest absolute Gasteiger partial charge is 0.168 e. The van der Waals surface area contributed by atoms with Crippen LogP contribution < -0.4 is 0 Å². The number of rotatable bonds is 6. The number of aliphatic hydroxyl groups excluding tert-OH is 1. The molecule has 0 bridgehead atoms. The van der Waals surface area contributed by atoms with E-state index in [-0.39, 0.29) is 18.5 Å². The lowest BCUT2D eigenvalue weighted by atomic mass is 10.0. The molecular weight excluding hydrogens is 180 g/mol. The molecule has 0 aliphatic carbocycles. The summed E-state index contributed by atoms with van der Waals surface area (Å²) >= 11 is 0. The van der Waals surface area contributed by atoms with Crippen LogP contribution in [0.3, 0.4) is 0 Å². The molecule has 2 atom stereocenters. The first-order chi connectivity index (χ1) is 6.72. The van der Waals surface area contributed by atoms with Gasteiger partial charge in [0.15, 0.2) is 5.79 Å². The highest BCUT2D eigenvalue weighted by molar-refractivity contribution is 4.77. The maximum atomic E-state index is 8.72. The molecular formula is C11H22O3. The van der Waals surface area contributed by atoms with Gasteiger partial charge < -0.3 is 14.6 Å². The van der Waals surface area contributed by atoms with Crippen LogP contribution >= 0.6 is 0 Å². The second kappa shape index (κ2) is 5.69. The van der Waals surface area contributed by atoms with Gasteiger partial charge in [-0.05, 0) is 19.8 Å². The molecule has 3 heteroatoms. The van der Waals surface area contributed by atoms with Gasteiger partial charge in [-0.1, -0.05) is 13.3 Å². The quantitative estimate of drug-likeness (QED) is 0.670. The van der Waals surface area contributed by atoms with Gasteiger partial charge in [0.1, 0.15) is 0 Å². The zero-order valence-electron chi connectivity index (χ0n) is 9.29. The Morgan fingerprint density at radius 2 is 2.14 bits per heavy atom. The minimum absolute atomic E-state index is 0.218. The molecule has 2 unspecified atom stereocenters. The fraction of sp³-hybridized carbons (Fsp3) is 1.00. The molecule has 1 rings (SSSR count). The first-order valence-electron chi connectivity index (χ1n) is 5.65. The van der Waals surface area contributed by atoms with Crippen LogP contribution in [0.1, 0.15) is 46.0 Å². The number of unbranched alkanes of at least 4 members (excludes halogenated alkanes) is 1. The summed E-state index contributed by atoms with van der Waals surface area (Å²) in [5.74, 6) is -0.344. The first-order valence-corrected chi connectivity index (χ1v) is 5.65. The highest BCUT2D eigenvalue weighted by Gasteiger charge is 2.38. The summed E-state index contributed by atoms with van der Waals surface area (Å²) in [5.41, 5.74) is 0. The van der Waals surface area contributed by atoms with Crippen molar-refractivity contribution in [1.29, 1.82) is 0 Å². The molecule has 84 valence electrons. The number of hydrogen-bond acceptors (Lipinski definition) is 3. The van der Waals surface area contributed by atoms with Crippen molar-refractivity contribution in [3.05, 3.63) is 0 Å². The average molecular weight is 202 g/mol. The third-order valence-corrected chi connectivity index (χ3v) is 2.59. The van der Waals surface area contributed by atoms with Crippen molar-refractivity contribution in [2.24, 2.45) is 0 Å². The predicted molar refractivity (Wildman–Crippen MR) is 55.1 cm³/mol. The fourth-order valence-electron chi connectivity index (χ4n) is 1.98. The highest BCUT2D eigenvalue weighted by atomic mass is 16.7. The summed E-state index contributed by atoms with van der Waals surface area (Å²) in [5, 5.41) is 8.72. The van der Waals surface area contributed by atoms with Crippen LogP contribution in [0.2, 0.25) is 0 Å². The standard InChI is InChI=1S/C11H22O3/c1-3-6-11(7-4-5-8-12)13-9-10(2)14-11/h10,12H,3-9H2,1-2H3. The van der Waals surface area contributed by atoms with Gasteiger partial charge in [0.25, 0.3) is 0 Å². The van der Waals surface area contributed by atoms with E-state index >= 15 is 0 Å². The Hall–Kier alpha value is -0.120. The molecule has 0 amide bonds. The normalized spacial score (nSPS) is 32.4. The highest BCUT2D eigenvalue weighted by Crippen LogP contribution is 2.33. The van der Waals surface area contributed by atoms with Crippen LogP contribution in [0.5, 0.6) is 0 Å². The minimum Gasteiger partial charge on any atom is -0.396 e. The molecule has 0 radical (unpaired) electrons. The maximum Gasteiger partial charge on any atom is 0.168 e.